The van der Waals surface area contributed by atoms with Gasteiger partial charge in [0.1, 0.15) is 11.5 Å². The molecule has 0 N–H and O–H groups in total. The van der Waals surface area contributed by atoms with E-state index in [2.05, 4.69) is 9.97 Å². The zero-order valence-electron chi connectivity index (χ0n) is 9.67. The number of nitrogens with zero attached hydrogens (tertiary/aromatic N) is 2. The molecule has 0 spiro atoms. The molecule has 0 aromatic carbocycles. The van der Waals surface area contributed by atoms with Crippen LogP contribution in [0.15, 0.2) is 41.6 Å². The van der Waals surface area contributed by atoms with Gasteiger partial charge in [0.15, 0.2) is 9.84 Å². The highest BCUT2D eigenvalue weighted by Crippen LogP contribution is 2.24. The lowest BCUT2D eigenvalue weighted by molar-refractivity contribution is 0.597. The molecule has 0 atom stereocenters. The summed E-state index contributed by atoms with van der Waals surface area (Å²) in [4.78, 5) is 8.00. The Bertz CT molecular complexity index is 654. The molecular formula is C12H11FN2O2S. The van der Waals surface area contributed by atoms with Crippen LogP contribution in [0.3, 0.4) is 0 Å². The van der Waals surface area contributed by atoms with E-state index in [1.165, 1.54) is 24.4 Å². The molecule has 2 aromatic rings. The van der Waals surface area contributed by atoms with Crippen LogP contribution < -0.4 is 0 Å². The average molecular weight is 266 g/mol. The number of aromatic nitrogens is 2. The first-order valence-corrected chi connectivity index (χ1v) is 6.99. The number of pyridine rings is 2. The second-order valence-electron chi connectivity index (χ2n) is 3.62. The molecule has 18 heavy (non-hydrogen) atoms. The summed E-state index contributed by atoms with van der Waals surface area (Å²) in [6.45, 7) is 1.56. The van der Waals surface area contributed by atoms with Crippen molar-refractivity contribution in [3.63, 3.8) is 0 Å². The van der Waals surface area contributed by atoms with Gasteiger partial charge in [-0.05, 0) is 24.3 Å². The van der Waals surface area contributed by atoms with Gasteiger partial charge in [-0.1, -0.05) is 6.92 Å². The van der Waals surface area contributed by atoms with Crippen molar-refractivity contribution in [1.82, 2.24) is 9.97 Å². The Labute approximate surface area is 104 Å². The summed E-state index contributed by atoms with van der Waals surface area (Å²) in [5.74, 6) is -0.498. The Morgan fingerprint density at radius 1 is 1.22 bits per heavy atom. The fourth-order valence-corrected chi connectivity index (χ4v) is 2.55. The maximum absolute atomic E-state index is 12.8. The van der Waals surface area contributed by atoms with Crippen LogP contribution in [0.5, 0.6) is 0 Å². The van der Waals surface area contributed by atoms with Crippen LogP contribution in [-0.4, -0.2) is 24.1 Å². The van der Waals surface area contributed by atoms with E-state index in [0.29, 0.717) is 5.69 Å². The number of rotatable bonds is 3. The minimum absolute atomic E-state index is 0.0209. The van der Waals surface area contributed by atoms with E-state index in [-0.39, 0.29) is 16.3 Å². The molecule has 2 rings (SSSR count). The van der Waals surface area contributed by atoms with Gasteiger partial charge in [-0.25, -0.2) is 12.8 Å². The molecule has 0 fully saturated rings. The first kappa shape index (κ1) is 12.6. The lowest BCUT2D eigenvalue weighted by Crippen LogP contribution is -2.07. The summed E-state index contributed by atoms with van der Waals surface area (Å²) >= 11 is 0. The van der Waals surface area contributed by atoms with Crippen molar-refractivity contribution in [2.45, 2.75) is 11.8 Å². The van der Waals surface area contributed by atoms with Crippen LogP contribution >= 0.6 is 0 Å². The summed E-state index contributed by atoms with van der Waals surface area (Å²) in [6, 6.07) is 5.66. The van der Waals surface area contributed by atoms with Gasteiger partial charge in [0.05, 0.1) is 22.5 Å². The minimum atomic E-state index is -3.38. The second kappa shape index (κ2) is 4.81. The fourth-order valence-electron chi connectivity index (χ4n) is 1.51. The molecule has 0 saturated carbocycles. The summed E-state index contributed by atoms with van der Waals surface area (Å²) in [7, 11) is -3.38. The normalized spacial score (nSPS) is 11.4. The Kier molecular flexibility index (Phi) is 3.38. The number of halogens is 1. The summed E-state index contributed by atoms with van der Waals surface area (Å²) in [5.41, 5.74) is 0.586. The molecule has 0 aliphatic carbocycles. The third-order valence-corrected chi connectivity index (χ3v) is 4.22. The quantitative estimate of drug-likeness (QED) is 0.853. The van der Waals surface area contributed by atoms with Crippen molar-refractivity contribution in [2.24, 2.45) is 0 Å². The largest absolute Gasteiger partial charge is 0.253 e. The van der Waals surface area contributed by atoms with Crippen LogP contribution in [0, 0.1) is 5.82 Å². The molecule has 2 heterocycles. The Hall–Kier alpha value is -1.82. The van der Waals surface area contributed by atoms with E-state index in [4.69, 9.17) is 0 Å². The van der Waals surface area contributed by atoms with Gasteiger partial charge >= 0.3 is 0 Å². The van der Waals surface area contributed by atoms with E-state index < -0.39 is 15.7 Å². The zero-order valence-corrected chi connectivity index (χ0v) is 10.5. The summed E-state index contributed by atoms with van der Waals surface area (Å²) in [5, 5.41) is 0. The molecule has 0 aliphatic heterocycles. The molecule has 0 amide bonds. The molecule has 0 unspecified atom stereocenters. The SMILES string of the molecule is CCS(=O)(=O)c1cccnc1-c1ccc(F)cn1. The molecule has 4 nitrogen and oxygen atoms in total. The summed E-state index contributed by atoms with van der Waals surface area (Å²) < 4.78 is 36.6. The van der Waals surface area contributed by atoms with Crippen molar-refractivity contribution in [3.8, 4) is 11.4 Å². The van der Waals surface area contributed by atoms with E-state index in [1.807, 2.05) is 0 Å². The highest BCUT2D eigenvalue weighted by atomic mass is 32.2. The molecule has 6 heteroatoms. The van der Waals surface area contributed by atoms with Crippen molar-refractivity contribution >= 4 is 9.84 Å². The van der Waals surface area contributed by atoms with Crippen molar-refractivity contribution in [1.29, 1.82) is 0 Å². The van der Waals surface area contributed by atoms with Gasteiger partial charge in [-0.2, -0.15) is 0 Å². The van der Waals surface area contributed by atoms with Crippen LogP contribution in [0.25, 0.3) is 11.4 Å². The van der Waals surface area contributed by atoms with Crippen molar-refractivity contribution in [3.05, 3.63) is 42.5 Å². The topological polar surface area (TPSA) is 59.9 Å². The Morgan fingerprint density at radius 3 is 2.61 bits per heavy atom. The molecule has 94 valence electrons. The molecule has 0 aliphatic rings. The van der Waals surface area contributed by atoms with E-state index in [0.717, 1.165) is 6.20 Å². The predicted molar refractivity (Wildman–Crippen MR) is 65.2 cm³/mol. The predicted octanol–water partition coefficient (Wildman–Crippen LogP) is 2.08. The first-order valence-electron chi connectivity index (χ1n) is 5.34. The van der Waals surface area contributed by atoms with Crippen LogP contribution in [-0.2, 0) is 9.84 Å². The van der Waals surface area contributed by atoms with Gasteiger partial charge in [-0.15, -0.1) is 0 Å². The lowest BCUT2D eigenvalue weighted by Gasteiger charge is -2.07. The van der Waals surface area contributed by atoms with Crippen LogP contribution in [0.4, 0.5) is 4.39 Å². The lowest BCUT2D eigenvalue weighted by atomic mass is 10.2. The zero-order chi connectivity index (χ0) is 13.2. The number of sulfone groups is 1. The highest BCUT2D eigenvalue weighted by Gasteiger charge is 2.18. The highest BCUT2D eigenvalue weighted by molar-refractivity contribution is 7.91. The Balaban J connectivity index is 2.62. The van der Waals surface area contributed by atoms with Gasteiger partial charge in [-0.3, -0.25) is 9.97 Å². The van der Waals surface area contributed by atoms with Crippen molar-refractivity contribution in [2.75, 3.05) is 5.75 Å². The maximum atomic E-state index is 12.8. The van der Waals surface area contributed by atoms with E-state index in [9.17, 15) is 12.8 Å². The fraction of sp³-hybridized carbons (Fsp3) is 0.167. The monoisotopic (exact) mass is 266 g/mol. The van der Waals surface area contributed by atoms with Gasteiger partial charge in [0.2, 0.25) is 0 Å². The van der Waals surface area contributed by atoms with E-state index in [1.54, 1.807) is 13.0 Å². The minimum Gasteiger partial charge on any atom is -0.253 e. The smallest absolute Gasteiger partial charge is 0.180 e. The van der Waals surface area contributed by atoms with E-state index >= 15 is 0 Å². The number of hydrogen-bond acceptors (Lipinski definition) is 4. The third kappa shape index (κ3) is 2.38. The first-order chi connectivity index (χ1) is 8.54. The average Bonchev–Trinajstić information content (AvgIpc) is 2.40. The number of hydrogen-bond donors (Lipinski definition) is 0. The molecule has 0 radical (unpaired) electrons. The van der Waals surface area contributed by atoms with Gasteiger partial charge in [0, 0.05) is 6.20 Å². The van der Waals surface area contributed by atoms with Crippen molar-refractivity contribution < 1.29 is 12.8 Å². The molecule has 0 saturated heterocycles. The standard InChI is InChI=1S/C12H11FN2O2S/c1-2-18(16,17)11-4-3-7-14-12(11)10-6-5-9(13)8-15-10/h3-8H,2H2,1H3. The van der Waals surface area contributed by atoms with Gasteiger partial charge in [0.25, 0.3) is 0 Å². The molecule has 2 aromatic heterocycles. The van der Waals surface area contributed by atoms with Crippen LogP contribution in [0.1, 0.15) is 6.92 Å². The summed E-state index contributed by atoms with van der Waals surface area (Å²) in [6.07, 6.45) is 2.52. The second-order valence-corrected chi connectivity index (χ2v) is 5.86. The Morgan fingerprint density at radius 2 is 2.00 bits per heavy atom. The molecular weight excluding hydrogens is 255 g/mol. The van der Waals surface area contributed by atoms with Gasteiger partial charge < -0.3 is 0 Å². The third-order valence-electron chi connectivity index (χ3n) is 2.46. The maximum Gasteiger partial charge on any atom is 0.180 e. The van der Waals surface area contributed by atoms with Crippen LogP contribution in [0.2, 0.25) is 0 Å². The molecule has 0 bridgehead atoms.